The maximum atomic E-state index is 5.63. The lowest BCUT2D eigenvalue weighted by atomic mass is 9.87. The highest BCUT2D eigenvalue weighted by molar-refractivity contribution is 5.80. The molecule has 132 valence electrons. The van der Waals surface area contributed by atoms with Gasteiger partial charge in [0.05, 0.1) is 13.7 Å². The van der Waals surface area contributed by atoms with Crippen LogP contribution < -0.4 is 10.1 Å². The first kappa shape index (κ1) is 17.1. The van der Waals surface area contributed by atoms with E-state index >= 15 is 0 Å². The predicted octanol–water partition coefficient (Wildman–Crippen LogP) is 2.32. The largest absolute Gasteiger partial charge is 0.497 e. The van der Waals surface area contributed by atoms with Crippen molar-refractivity contribution in [2.45, 2.75) is 26.2 Å². The van der Waals surface area contributed by atoms with Gasteiger partial charge in [-0.05, 0) is 43.9 Å². The maximum Gasteiger partial charge on any atom is 0.193 e. The minimum Gasteiger partial charge on any atom is -0.497 e. The highest BCUT2D eigenvalue weighted by Crippen LogP contribution is 2.38. The van der Waals surface area contributed by atoms with E-state index < -0.39 is 0 Å². The Balaban J connectivity index is 1.57. The summed E-state index contributed by atoms with van der Waals surface area (Å²) in [4.78, 5) is 7.26. The highest BCUT2D eigenvalue weighted by Gasteiger charge is 2.42. The summed E-state index contributed by atoms with van der Waals surface area (Å²) in [5.74, 6) is 1.95. The normalized spacial score (nSPS) is 23.9. The quantitative estimate of drug-likeness (QED) is 0.664. The topological polar surface area (TPSA) is 46.1 Å². The van der Waals surface area contributed by atoms with Crippen LogP contribution in [0.15, 0.2) is 29.3 Å². The lowest BCUT2D eigenvalue weighted by Crippen LogP contribution is -2.41. The molecule has 5 heteroatoms. The summed E-state index contributed by atoms with van der Waals surface area (Å²) in [6.45, 7) is 7.81. The Morgan fingerprint density at radius 1 is 1.33 bits per heavy atom. The molecule has 5 nitrogen and oxygen atoms in total. The molecule has 1 N–H and O–H groups in total. The van der Waals surface area contributed by atoms with Crippen molar-refractivity contribution in [3.8, 4) is 5.75 Å². The Kier molecular flexibility index (Phi) is 5.61. The molecule has 3 rings (SSSR count). The lowest BCUT2D eigenvalue weighted by molar-refractivity contribution is 0.156. The summed E-state index contributed by atoms with van der Waals surface area (Å²) in [5, 5.41) is 3.45. The van der Waals surface area contributed by atoms with E-state index in [2.05, 4.69) is 29.3 Å². The summed E-state index contributed by atoms with van der Waals surface area (Å²) in [6.07, 6.45) is 3.35. The van der Waals surface area contributed by atoms with Crippen molar-refractivity contribution in [1.82, 2.24) is 10.2 Å². The van der Waals surface area contributed by atoms with Crippen LogP contribution in [0.25, 0.3) is 0 Å². The van der Waals surface area contributed by atoms with E-state index in [1.807, 2.05) is 12.1 Å². The van der Waals surface area contributed by atoms with Gasteiger partial charge >= 0.3 is 0 Å². The third-order valence-electron chi connectivity index (χ3n) is 5.08. The van der Waals surface area contributed by atoms with Crippen LogP contribution in [-0.4, -0.2) is 57.4 Å². The first-order chi connectivity index (χ1) is 11.7. The Morgan fingerprint density at radius 2 is 2.17 bits per heavy atom. The second kappa shape index (κ2) is 7.88. The molecule has 1 spiro atoms. The van der Waals surface area contributed by atoms with E-state index in [0.717, 1.165) is 57.5 Å². The second-order valence-electron chi connectivity index (χ2n) is 6.81. The zero-order valence-electron chi connectivity index (χ0n) is 14.9. The van der Waals surface area contributed by atoms with Crippen LogP contribution >= 0.6 is 0 Å². The molecule has 24 heavy (non-hydrogen) atoms. The van der Waals surface area contributed by atoms with Crippen molar-refractivity contribution in [1.29, 1.82) is 0 Å². The number of guanidine groups is 1. The van der Waals surface area contributed by atoms with Gasteiger partial charge in [0.25, 0.3) is 0 Å². The number of nitrogens with one attached hydrogen (secondary N) is 1. The number of hydrogen-bond donors (Lipinski definition) is 1. The van der Waals surface area contributed by atoms with Crippen molar-refractivity contribution in [3.63, 3.8) is 0 Å². The van der Waals surface area contributed by atoms with Gasteiger partial charge in [0.1, 0.15) is 5.75 Å². The van der Waals surface area contributed by atoms with Crippen LogP contribution in [0.2, 0.25) is 0 Å². The zero-order valence-corrected chi connectivity index (χ0v) is 14.9. The SMILES string of the molecule is CCNC(=NCCc1ccc(OC)cc1)N1CCC2(CCOC2)C1. The van der Waals surface area contributed by atoms with Gasteiger partial charge in [0.15, 0.2) is 5.96 Å². The molecule has 2 aliphatic rings. The van der Waals surface area contributed by atoms with Crippen LogP contribution in [0.5, 0.6) is 5.75 Å². The number of nitrogens with zero attached hydrogens (tertiary/aromatic N) is 2. The molecular formula is C19H29N3O2. The van der Waals surface area contributed by atoms with E-state index in [9.17, 15) is 0 Å². The van der Waals surface area contributed by atoms with Crippen molar-refractivity contribution in [3.05, 3.63) is 29.8 Å². The van der Waals surface area contributed by atoms with Crippen LogP contribution in [0.3, 0.4) is 0 Å². The number of likely N-dealkylation sites (tertiary alicyclic amines) is 1. The highest BCUT2D eigenvalue weighted by atomic mass is 16.5. The monoisotopic (exact) mass is 331 g/mol. The van der Waals surface area contributed by atoms with Crippen LogP contribution in [0.1, 0.15) is 25.3 Å². The van der Waals surface area contributed by atoms with Gasteiger partial charge in [-0.15, -0.1) is 0 Å². The van der Waals surface area contributed by atoms with Crippen molar-refractivity contribution >= 4 is 5.96 Å². The molecule has 1 atom stereocenters. The lowest BCUT2D eigenvalue weighted by Gasteiger charge is -2.25. The third-order valence-corrected chi connectivity index (χ3v) is 5.08. The van der Waals surface area contributed by atoms with E-state index in [4.69, 9.17) is 14.5 Å². The van der Waals surface area contributed by atoms with Crippen molar-refractivity contribution in [2.75, 3.05) is 46.5 Å². The van der Waals surface area contributed by atoms with Gasteiger partial charge in [0.2, 0.25) is 0 Å². The zero-order chi connectivity index (χ0) is 16.8. The minimum absolute atomic E-state index is 0.367. The van der Waals surface area contributed by atoms with Crippen LogP contribution in [0, 0.1) is 5.41 Å². The number of aliphatic imine (C=N–C) groups is 1. The molecule has 1 aromatic rings. The summed E-state index contributed by atoms with van der Waals surface area (Å²) in [6, 6.07) is 8.24. The molecule has 0 bridgehead atoms. The third kappa shape index (κ3) is 4.01. The standard InChI is InChI=1S/C19H29N3O2/c1-3-20-18(22-12-9-19(14-22)10-13-24-15-19)21-11-8-16-4-6-17(23-2)7-5-16/h4-7H,3,8-15H2,1-2H3,(H,20,21). The van der Waals surface area contributed by atoms with Crippen molar-refractivity contribution in [2.24, 2.45) is 10.4 Å². The van der Waals surface area contributed by atoms with Gasteiger partial charge in [-0.1, -0.05) is 12.1 Å². The Morgan fingerprint density at radius 3 is 2.83 bits per heavy atom. The van der Waals surface area contributed by atoms with Gasteiger partial charge in [-0.25, -0.2) is 0 Å². The number of rotatable bonds is 5. The molecule has 1 aromatic carbocycles. The number of hydrogen-bond acceptors (Lipinski definition) is 3. The minimum atomic E-state index is 0.367. The second-order valence-corrected chi connectivity index (χ2v) is 6.81. The number of ether oxygens (including phenoxy) is 2. The van der Waals surface area contributed by atoms with Crippen LogP contribution in [-0.2, 0) is 11.2 Å². The van der Waals surface area contributed by atoms with Crippen LogP contribution in [0.4, 0.5) is 0 Å². The summed E-state index contributed by atoms with van der Waals surface area (Å²) >= 11 is 0. The molecule has 0 radical (unpaired) electrons. The van der Waals surface area contributed by atoms with Gasteiger partial charge in [-0.2, -0.15) is 0 Å². The first-order valence-corrected chi connectivity index (χ1v) is 8.99. The summed E-state index contributed by atoms with van der Waals surface area (Å²) in [7, 11) is 1.69. The molecule has 2 heterocycles. The molecule has 0 saturated carbocycles. The van der Waals surface area contributed by atoms with E-state index in [1.54, 1.807) is 7.11 Å². The molecule has 0 aliphatic carbocycles. The van der Waals surface area contributed by atoms with Gasteiger partial charge < -0.3 is 19.7 Å². The van der Waals surface area contributed by atoms with E-state index in [1.165, 1.54) is 18.4 Å². The number of methoxy groups -OCH3 is 1. The Hall–Kier alpha value is -1.75. The van der Waals surface area contributed by atoms with E-state index in [0.29, 0.717) is 5.41 Å². The Bertz CT molecular complexity index is 550. The average Bonchev–Trinajstić information content (AvgIpc) is 3.25. The first-order valence-electron chi connectivity index (χ1n) is 8.99. The molecule has 2 fully saturated rings. The van der Waals surface area contributed by atoms with E-state index in [-0.39, 0.29) is 0 Å². The number of benzene rings is 1. The van der Waals surface area contributed by atoms with Crippen molar-refractivity contribution < 1.29 is 9.47 Å². The Labute approximate surface area is 145 Å². The van der Waals surface area contributed by atoms with Gasteiger partial charge in [0, 0.05) is 38.2 Å². The molecule has 1 unspecified atom stereocenters. The summed E-state index contributed by atoms with van der Waals surface area (Å²) in [5.41, 5.74) is 1.66. The molecule has 0 aromatic heterocycles. The maximum absolute atomic E-state index is 5.63. The van der Waals surface area contributed by atoms with Gasteiger partial charge in [-0.3, -0.25) is 4.99 Å². The molecule has 2 aliphatic heterocycles. The smallest absolute Gasteiger partial charge is 0.193 e. The predicted molar refractivity (Wildman–Crippen MR) is 96.7 cm³/mol. The molecular weight excluding hydrogens is 302 g/mol. The fourth-order valence-corrected chi connectivity index (χ4v) is 3.60. The summed E-state index contributed by atoms with van der Waals surface area (Å²) < 4.78 is 10.8. The molecule has 2 saturated heterocycles. The fourth-order valence-electron chi connectivity index (χ4n) is 3.60. The molecule has 0 amide bonds. The average molecular weight is 331 g/mol. The fraction of sp³-hybridized carbons (Fsp3) is 0.632.